The fraction of sp³-hybridized carbons (Fsp3) is 0.200. The number of rotatable bonds is 4. The van der Waals surface area contributed by atoms with Crippen molar-refractivity contribution in [3.05, 3.63) is 70.8 Å². The Morgan fingerprint density at radius 1 is 0.900 bits per heavy atom. The molecular weight excluding hydrogens is 272 g/mol. The maximum atomic E-state index is 13.5. The molecule has 0 aliphatic carbocycles. The Labute approximate surface area is 113 Å². The van der Waals surface area contributed by atoms with E-state index in [0.717, 1.165) is 5.56 Å². The molecule has 0 saturated carbocycles. The minimum absolute atomic E-state index is 0.0409. The van der Waals surface area contributed by atoms with Crippen molar-refractivity contribution in [1.29, 1.82) is 0 Å². The van der Waals surface area contributed by atoms with E-state index in [-0.39, 0.29) is 12.5 Å². The molecule has 0 aliphatic heterocycles. The molecule has 2 rings (SSSR count). The maximum absolute atomic E-state index is 13.5. The molecule has 0 bridgehead atoms. The van der Waals surface area contributed by atoms with E-state index in [1.54, 1.807) is 30.3 Å². The lowest BCUT2D eigenvalue weighted by atomic mass is 10.00. The first-order chi connectivity index (χ1) is 9.50. The average molecular weight is 284 g/mol. The van der Waals surface area contributed by atoms with Gasteiger partial charge in [-0.15, -0.1) is 0 Å². The van der Waals surface area contributed by atoms with Crippen molar-refractivity contribution in [2.24, 2.45) is 0 Å². The van der Waals surface area contributed by atoms with Crippen LogP contribution in [0.1, 0.15) is 23.7 Å². The summed E-state index contributed by atoms with van der Waals surface area (Å²) in [6.45, 7) is 0. The Morgan fingerprint density at radius 3 is 2.00 bits per heavy atom. The molecule has 0 amide bonds. The molecule has 1 N–H and O–H groups in total. The molecule has 20 heavy (non-hydrogen) atoms. The van der Waals surface area contributed by atoms with Gasteiger partial charge in [0.25, 0.3) is 0 Å². The topological polar surface area (TPSA) is 20.2 Å². The number of aliphatic hydroxyl groups is 1. The first kappa shape index (κ1) is 14.5. The predicted octanol–water partition coefficient (Wildman–Crippen LogP) is 3.91. The second kappa shape index (κ2) is 6.05. The number of aryl methyl sites for hydroxylation is 1. The zero-order chi connectivity index (χ0) is 14.7. The molecule has 2 aromatic rings. The van der Waals surface area contributed by atoms with Crippen LogP contribution in [-0.4, -0.2) is 5.11 Å². The minimum atomic E-state index is -1.61. The maximum Gasteiger partial charge on any atom is 0.167 e. The molecule has 0 heterocycles. The first-order valence-corrected chi connectivity index (χ1v) is 6.05. The van der Waals surface area contributed by atoms with Crippen molar-refractivity contribution in [3.63, 3.8) is 0 Å². The third kappa shape index (κ3) is 2.99. The molecule has 0 aromatic heterocycles. The molecule has 1 unspecified atom stereocenters. The van der Waals surface area contributed by atoms with E-state index in [1.165, 1.54) is 0 Å². The zero-order valence-corrected chi connectivity index (χ0v) is 10.4. The Morgan fingerprint density at radius 2 is 1.45 bits per heavy atom. The molecular formula is C15H12F4O. The second-order valence-electron chi connectivity index (χ2n) is 4.42. The largest absolute Gasteiger partial charge is 0.388 e. The summed E-state index contributed by atoms with van der Waals surface area (Å²) in [5.41, 5.74) is -0.109. The number of halogens is 4. The van der Waals surface area contributed by atoms with E-state index in [2.05, 4.69) is 0 Å². The van der Waals surface area contributed by atoms with Crippen molar-refractivity contribution in [2.75, 3.05) is 0 Å². The average Bonchev–Trinajstić information content (AvgIpc) is 2.44. The van der Waals surface area contributed by atoms with Gasteiger partial charge in [0, 0.05) is 6.07 Å². The minimum Gasteiger partial charge on any atom is -0.388 e. The molecule has 1 atom stereocenters. The van der Waals surface area contributed by atoms with Gasteiger partial charge in [0.15, 0.2) is 23.3 Å². The van der Waals surface area contributed by atoms with E-state index in [0.29, 0.717) is 6.42 Å². The summed E-state index contributed by atoms with van der Waals surface area (Å²) in [6.07, 6.45) is -1.32. The van der Waals surface area contributed by atoms with Crippen LogP contribution in [0.15, 0.2) is 36.4 Å². The van der Waals surface area contributed by atoms with Gasteiger partial charge in [0.1, 0.15) is 0 Å². The van der Waals surface area contributed by atoms with Crippen LogP contribution in [0, 0.1) is 23.3 Å². The highest BCUT2D eigenvalue weighted by Gasteiger charge is 2.24. The van der Waals surface area contributed by atoms with E-state index in [4.69, 9.17) is 0 Å². The highest BCUT2D eigenvalue weighted by molar-refractivity contribution is 5.25. The van der Waals surface area contributed by atoms with Crippen LogP contribution < -0.4 is 0 Å². The Bertz CT molecular complexity index is 572. The van der Waals surface area contributed by atoms with Gasteiger partial charge in [0.2, 0.25) is 0 Å². The highest BCUT2D eigenvalue weighted by Crippen LogP contribution is 2.28. The summed E-state index contributed by atoms with van der Waals surface area (Å²) in [4.78, 5) is 0. The molecule has 0 saturated heterocycles. The van der Waals surface area contributed by atoms with E-state index < -0.39 is 34.9 Å². The monoisotopic (exact) mass is 284 g/mol. The summed E-state index contributed by atoms with van der Waals surface area (Å²) < 4.78 is 53.1. The lowest BCUT2D eigenvalue weighted by Crippen LogP contribution is -2.09. The summed E-state index contributed by atoms with van der Waals surface area (Å²) in [5, 5.41) is 9.78. The van der Waals surface area contributed by atoms with Crippen LogP contribution in [0.3, 0.4) is 0 Å². The van der Waals surface area contributed by atoms with Crippen molar-refractivity contribution in [2.45, 2.75) is 18.9 Å². The van der Waals surface area contributed by atoms with Gasteiger partial charge in [-0.1, -0.05) is 30.3 Å². The van der Waals surface area contributed by atoms with Crippen LogP contribution in [0.25, 0.3) is 0 Å². The number of hydrogen-bond acceptors (Lipinski definition) is 1. The Hall–Kier alpha value is -1.88. The predicted molar refractivity (Wildman–Crippen MR) is 66.0 cm³/mol. The van der Waals surface area contributed by atoms with Crippen molar-refractivity contribution in [1.82, 2.24) is 0 Å². The Balaban J connectivity index is 2.19. The standard InChI is InChI=1S/C15H12F4O/c16-10-8-11(17)15(19)13(14(10)18)12(20)7-6-9-4-2-1-3-5-9/h1-5,8,12,20H,6-7H2. The fourth-order valence-electron chi connectivity index (χ4n) is 1.98. The summed E-state index contributed by atoms with van der Waals surface area (Å²) in [7, 11) is 0. The number of hydrogen-bond donors (Lipinski definition) is 1. The zero-order valence-electron chi connectivity index (χ0n) is 10.4. The smallest absolute Gasteiger partial charge is 0.167 e. The van der Waals surface area contributed by atoms with Gasteiger partial charge in [-0.2, -0.15) is 0 Å². The molecule has 2 aromatic carbocycles. The highest BCUT2D eigenvalue weighted by atomic mass is 19.2. The van der Waals surface area contributed by atoms with Gasteiger partial charge in [-0.05, 0) is 18.4 Å². The molecule has 0 aliphatic rings. The Kier molecular flexibility index (Phi) is 4.39. The quantitative estimate of drug-likeness (QED) is 0.666. The van der Waals surface area contributed by atoms with Crippen LogP contribution in [0.5, 0.6) is 0 Å². The van der Waals surface area contributed by atoms with E-state index in [9.17, 15) is 22.7 Å². The van der Waals surface area contributed by atoms with Gasteiger partial charge in [0.05, 0.1) is 11.7 Å². The fourth-order valence-corrected chi connectivity index (χ4v) is 1.98. The summed E-state index contributed by atoms with van der Waals surface area (Å²) >= 11 is 0. The molecule has 5 heteroatoms. The van der Waals surface area contributed by atoms with Crippen LogP contribution in [0.2, 0.25) is 0 Å². The van der Waals surface area contributed by atoms with Gasteiger partial charge in [-0.3, -0.25) is 0 Å². The van der Waals surface area contributed by atoms with E-state index >= 15 is 0 Å². The lowest BCUT2D eigenvalue weighted by molar-refractivity contribution is 0.155. The van der Waals surface area contributed by atoms with Crippen molar-refractivity contribution >= 4 is 0 Å². The third-order valence-corrected chi connectivity index (χ3v) is 3.03. The summed E-state index contributed by atoms with van der Waals surface area (Å²) in [5.74, 6) is -6.13. The molecule has 0 fully saturated rings. The number of aliphatic hydroxyl groups excluding tert-OH is 1. The van der Waals surface area contributed by atoms with Crippen LogP contribution in [-0.2, 0) is 6.42 Å². The van der Waals surface area contributed by atoms with Crippen molar-refractivity contribution < 1.29 is 22.7 Å². The summed E-state index contributed by atoms with van der Waals surface area (Å²) in [6, 6.07) is 9.06. The molecule has 106 valence electrons. The molecule has 0 radical (unpaired) electrons. The van der Waals surface area contributed by atoms with E-state index in [1.807, 2.05) is 0 Å². The van der Waals surface area contributed by atoms with Crippen LogP contribution in [0.4, 0.5) is 17.6 Å². The van der Waals surface area contributed by atoms with Gasteiger partial charge >= 0.3 is 0 Å². The normalized spacial score (nSPS) is 12.4. The van der Waals surface area contributed by atoms with Crippen LogP contribution >= 0.6 is 0 Å². The SMILES string of the molecule is OC(CCc1ccccc1)c1c(F)c(F)cc(F)c1F. The second-order valence-corrected chi connectivity index (χ2v) is 4.42. The molecule has 1 nitrogen and oxygen atoms in total. The van der Waals surface area contributed by atoms with Gasteiger partial charge in [-0.25, -0.2) is 17.6 Å². The first-order valence-electron chi connectivity index (χ1n) is 6.05. The lowest BCUT2D eigenvalue weighted by Gasteiger charge is -2.13. The van der Waals surface area contributed by atoms with Crippen molar-refractivity contribution in [3.8, 4) is 0 Å². The third-order valence-electron chi connectivity index (χ3n) is 3.03. The van der Waals surface area contributed by atoms with Gasteiger partial charge < -0.3 is 5.11 Å². The molecule has 0 spiro atoms. The number of benzene rings is 2.